The second-order valence-corrected chi connectivity index (χ2v) is 4.82. The molecule has 0 unspecified atom stereocenters. The van der Waals surface area contributed by atoms with Gasteiger partial charge in [0.05, 0.1) is 6.42 Å². The summed E-state index contributed by atoms with van der Waals surface area (Å²) in [5, 5.41) is 5.44. The maximum Gasteiger partial charge on any atom is 0.229 e. The van der Waals surface area contributed by atoms with Gasteiger partial charge in [-0.05, 0) is 42.3 Å². The monoisotopic (exact) mass is 283 g/mol. The number of rotatable bonds is 4. The van der Waals surface area contributed by atoms with Gasteiger partial charge in [0.15, 0.2) is 0 Å². The summed E-state index contributed by atoms with van der Waals surface area (Å²) in [6, 6.07) is 10.9. The predicted molar refractivity (Wildman–Crippen MR) is 82.1 cm³/mol. The SMILES string of the molecule is CC(=O)Nc1ccc(CC(=O)Nc2cc(C)ccn2)cc1. The van der Waals surface area contributed by atoms with Crippen molar-refractivity contribution in [1.29, 1.82) is 0 Å². The molecule has 1 aromatic heterocycles. The number of amides is 2. The lowest BCUT2D eigenvalue weighted by Crippen LogP contribution is -2.15. The number of hydrogen-bond acceptors (Lipinski definition) is 3. The zero-order valence-electron chi connectivity index (χ0n) is 12.0. The standard InChI is InChI=1S/C16H17N3O2/c1-11-7-8-17-15(9-11)19-16(21)10-13-3-5-14(6-4-13)18-12(2)20/h3-9H,10H2,1-2H3,(H,18,20)(H,17,19,21). The second-order valence-electron chi connectivity index (χ2n) is 4.82. The lowest BCUT2D eigenvalue weighted by molar-refractivity contribution is -0.116. The van der Waals surface area contributed by atoms with Gasteiger partial charge in [0.2, 0.25) is 11.8 Å². The van der Waals surface area contributed by atoms with Crippen molar-refractivity contribution in [1.82, 2.24) is 4.98 Å². The summed E-state index contributed by atoms with van der Waals surface area (Å²) in [5.41, 5.74) is 2.63. The van der Waals surface area contributed by atoms with E-state index in [1.165, 1.54) is 6.92 Å². The Morgan fingerprint density at radius 3 is 2.43 bits per heavy atom. The molecule has 2 amide bonds. The molecule has 5 heteroatoms. The third-order valence-electron chi connectivity index (χ3n) is 2.82. The van der Waals surface area contributed by atoms with Crippen LogP contribution in [0.15, 0.2) is 42.6 Å². The third-order valence-corrected chi connectivity index (χ3v) is 2.82. The topological polar surface area (TPSA) is 71.1 Å². The van der Waals surface area contributed by atoms with Crippen LogP contribution in [0.3, 0.4) is 0 Å². The van der Waals surface area contributed by atoms with Crippen LogP contribution >= 0.6 is 0 Å². The lowest BCUT2D eigenvalue weighted by atomic mass is 10.1. The van der Waals surface area contributed by atoms with Gasteiger partial charge >= 0.3 is 0 Å². The molecule has 5 nitrogen and oxygen atoms in total. The lowest BCUT2D eigenvalue weighted by Gasteiger charge is -2.06. The maximum atomic E-state index is 11.9. The van der Waals surface area contributed by atoms with Crippen molar-refractivity contribution in [3.05, 3.63) is 53.7 Å². The van der Waals surface area contributed by atoms with Gasteiger partial charge in [-0.2, -0.15) is 0 Å². The molecule has 0 saturated heterocycles. The van der Waals surface area contributed by atoms with E-state index in [-0.39, 0.29) is 18.2 Å². The van der Waals surface area contributed by atoms with Gasteiger partial charge in [0.1, 0.15) is 5.82 Å². The number of aromatic nitrogens is 1. The molecular formula is C16H17N3O2. The largest absolute Gasteiger partial charge is 0.326 e. The molecule has 0 fully saturated rings. The summed E-state index contributed by atoms with van der Waals surface area (Å²) in [6.45, 7) is 3.40. The molecule has 0 bridgehead atoms. The van der Waals surface area contributed by atoms with Crippen LogP contribution < -0.4 is 10.6 Å². The summed E-state index contributed by atoms with van der Waals surface area (Å²) in [5.74, 6) is 0.307. The Morgan fingerprint density at radius 2 is 1.81 bits per heavy atom. The predicted octanol–water partition coefficient (Wildman–Crippen LogP) is 2.53. The Kier molecular flexibility index (Phi) is 4.66. The first kappa shape index (κ1) is 14.7. The van der Waals surface area contributed by atoms with Gasteiger partial charge in [-0.3, -0.25) is 9.59 Å². The number of nitrogens with one attached hydrogen (secondary N) is 2. The van der Waals surface area contributed by atoms with Gasteiger partial charge in [0.25, 0.3) is 0 Å². The average molecular weight is 283 g/mol. The highest BCUT2D eigenvalue weighted by Crippen LogP contribution is 2.11. The van der Waals surface area contributed by atoms with Crippen molar-refractivity contribution in [3.63, 3.8) is 0 Å². The molecule has 0 aliphatic carbocycles. The second kappa shape index (κ2) is 6.65. The number of nitrogens with zero attached hydrogens (tertiary/aromatic N) is 1. The van der Waals surface area contributed by atoms with Crippen LogP contribution in [0.1, 0.15) is 18.1 Å². The van der Waals surface area contributed by atoms with E-state index in [1.807, 2.05) is 31.2 Å². The van der Waals surface area contributed by atoms with Crippen LogP contribution in [0.25, 0.3) is 0 Å². The molecule has 108 valence electrons. The first-order valence-corrected chi connectivity index (χ1v) is 6.62. The van der Waals surface area contributed by atoms with Crippen molar-refractivity contribution in [2.75, 3.05) is 10.6 Å². The molecule has 0 saturated carbocycles. The smallest absolute Gasteiger partial charge is 0.229 e. The quantitative estimate of drug-likeness (QED) is 0.905. The molecule has 2 rings (SSSR count). The fourth-order valence-corrected chi connectivity index (χ4v) is 1.89. The van der Waals surface area contributed by atoms with E-state index < -0.39 is 0 Å². The van der Waals surface area contributed by atoms with Crippen molar-refractivity contribution < 1.29 is 9.59 Å². The zero-order chi connectivity index (χ0) is 15.2. The first-order valence-electron chi connectivity index (χ1n) is 6.62. The summed E-state index contributed by atoms with van der Waals surface area (Å²) in [6.07, 6.45) is 1.92. The minimum atomic E-state index is -0.125. The highest BCUT2D eigenvalue weighted by atomic mass is 16.2. The number of anilines is 2. The van der Waals surface area contributed by atoms with E-state index in [4.69, 9.17) is 0 Å². The van der Waals surface area contributed by atoms with Gasteiger partial charge < -0.3 is 10.6 Å². The fraction of sp³-hybridized carbons (Fsp3) is 0.188. The Balaban J connectivity index is 1.95. The normalized spacial score (nSPS) is 10.0. The van der Waals surface area contributed by atoms with Crippen LogP contribution in [0.2, 0.25) is 0 Å². The van der Waals surface area contributed by atoms with E-state index in [0.717, 1.165) is 11.1 Å². The van der Waals surface area contributed by atoms with E-state index >= 15 is 0 Å². The third kappa shape index (κ3) is 4.72. The Morgan fingerprint density at radius 1 is 1.10 bits per heavy atom. The molecule has 1 heterocycles. The Labute approximate surface area is 123 Å². The summed E-state index contributed by atoms with van der Waals surface area (Å²) >= 11 is 0. The average Bonchev–Trinajstić information content (AvgIpc) is 2.40. The van der Waals surface area contributed by atoms with Gasteiger partial charge in [0, 0.05) is 18.8 Å². The minimum Gasteiger partial charge on any atom is -0.326 e. The van der Waals surface area contributed by atoms with E-state index in [9.17, 15) is 9.59 Å². The van der Waals surface area contributed by atoms with Gasteiger partial charge in [-0.25, -0.2) is 4.98 Å². The summed E-state index contributed by atoms with van der Waals surface area (Å²) < 4.78 is 0. The molecule has 0 radical (unpaired) electrons. The van der Waals surface area contributed by atoms with Crippen molar-refractivity contribution in [3.8, 4) is 0 Å². The van der Waals surface area contributed by atoms with E-state index in [1.54, 1.807) is 18.3 Å². The zero-order valence-corrected chi connectivity index (χ0v) is 12.0. The highest BCUT2D eigenvalue weighted by Gasteiger charge is 2.05. The minimum absolute atomic E-state index is 0.119. The highest BCUT2D eigenvalue weighted by molar-refractivity contribution is 5.92. The van der Waals surface area contributed by atoms with Gasteiger partial charge in [-0.15, -0.1) is 0 Å². The number of carbonyl (C=O) groups is 2. The maximum absolute atomic E-state index is 11.9. The summed E-state index contributed by atoms with van der Waals surface area (Å²) in [4.78, 5) is 26.9. The molecule has 0 aliphatic rings. The van der Waals surface area contributed by atoms with Crippen molar-refractivity contribution in [2.24, 2.45) is 0 Å². The van der Waals surface area contributed by atoms with Crippen molar-refractivity contribution in [2.45, 2.75) is 20.3 Å². The van der Waals surface area contributed by atoms with Gasteiger partial charge in [-0.1, -0.05) is 12.1 Å². The molecule has 21 heavy (non-hydrogen) atoms. The Bertz CT molecular complexity index is 651. The number of hydrogen-bond donors (Lipinski definition) is 2. The molecule has 0 spiro atoms. The molecule has 1 aromatic carbocycles. The molecular weight excluding hydrogens is 266 g/mol. The van der Waals surface area contributed by atoms with Crippen LogP contribution in [-0.2, 0) is 16.0 Å². The fourth-order valence-electron chi connectivity index (χ4n) is 1.89. The molecule has 2 aromatic rings. The number of pyridine rings is 1. The number of benzene rings is 1. The molecule has 0 aliphatic heterocycles. The number of aryl methyl sites for hydroxylation is 1. The van der Waals surface area contributed by atoms with E-state index in [0.29, 0.717) is 11.5 Å². The molecule has 0 atom stereocenters. The Hall–Kier alpha value is -2.69. The van der Waals surface area contributed by atoms with Crippen LogP contribution in [0.5, 0.6) is 0 Å². The number of carbonyl (C=O) groups excluding carboxylic acids is 2. The first-order chi connectivity index (χ1) is 10.0. The van der Waals surface area contributed by atoms with Crippen LogP contribution in [-0.4, -0.2) is 16.8 Å². The molecule has 2 N–H and O–H groups in total. The van der Waals surface area contributed by atoms with E-state index in [2.05, 4.69) is 15.6 Å². The van der Waals surface area contributed by atoms with Crippen molar-refractivity contribution >= 4 is 23.3 Å². The van der Waals surface area contributed by atoms with Crippen LogP contribution in [0, 0.1) is 6.92 Å². The van der Waals surface area contributed by atoms with Crippen LogP contribution in [0.4, 0.5) is 11.5 Å². The summed E-state index contributed by atoms with van der Waals surface area (Å²) in [7, 11) is 0.